The van der Waals surface area contributed by atoms with E-state index in [2.05, 4.69) is 78.9 Å². The van der Waals surface area contributed by atoms with Gasteiger partial charge in [-0.15, -0.1) is 0 Å². The summed E-state index contributed by atoms with van der Waals surface area (Å²) in [6, 6.07) is 45.2. The highest BCUT2D eigenvalue weighted by molar-refractivity contribution is 7.95. The maximum absolute atomic E-state index is 13.3. The van der Waals surface area contributed by atoms with Gasteiger partial charge in [0.2, 0.25) is 0 Å². The Labute approximate surface area is 210 Å². The van der Waals surface area contributed by atoms with Crippen molar-refractivity contribution in [3.63, 3.8) is 0 Å². The highest BCUT2D eigenvalue weighted by Gasteiger charge is 2.47. The SMILES string of the molecule is FC(F)(F)c1ccc(-c2ccccc2[P+](Cc2ccccc2)(c2ccccc2)c2ccccc2)cc1. The molecule has 0 spiro atoms. The molecule has 0 fully saturated rings. The second-order valence-electron chi connectivity index (χ2n) is 8.72. The molecule has 0 radical (unpaired) electrons. The van der Waals surface area contributed by atoms with E-state index in [1.54, 1.807) is 12.1 Å². The van der Waals surface area contributed by atoms with Crippen LogP contribution in [0.2, 0.25) is 0 Å². The minimum absolute atomic E-state index is 0.639. The number of hydrogen-bond donors (Lipinski definition) is 0. The molecule has 5 rings (SSSR count). The van der Waals surface area contributed by atoms with Gasteiger partial charge in [-0.25, -0.2) is 0 Å². The molecule has 0 saturated heterocycles. The van der Waals surface area contributed by atoms with E-state index in [1.807, 2.05) is 36.4 Å². The Balaban J connectivity index is 1.79. The molecule has 0 N–H and O–H groups in total. The maximum atomic E-state index is 13.3. The molecule has 0 unspecified atom stereocenters. The average Bonchev–Trinajstić information content (AvgIpc) is 2.93. The third-order valence-corrected chi connectivity index (χ3v) is 10.9. The molecule has 0 aliphatic heterocycles. The Kier molecular flexibility index (Phi) is 6.76. The van der Waals surface area contributed by atoms with E-state index in [9.17, 15) is 13.2 Å². The summed E-state index contributed by atoms with van der Waals surface area (Å²) in [5.41, 5.74) is 2.33. The molecule has 178 valence electrons. The summed E-state index contributed by atoms with van der Waals surface area (Å²) in [4.78, 5) is 0. The molecule has 36 heavy (non-hydrogen) atoms. The highest BCUT2D eigenvalue weighted by Crippen LogP contribution is 2.59. The first kappa shape index (κ1) is 24.0. The molecule has 0 aliphatic carbocycles. The first-order valence-electron chi connectivity index (χ1n) is 11.8. The largest absolute Gasteiger partial charge is 0.416 e. The quantitative estimate of drug-likeness (QED) is 0.210. The Morgan fingerprint density at radius 3 is 1.50 bits per heavy atom. The summed E-state index contributed by atoms with van der Waals surface area (Å²) in [6.07, 6.45) is -3.56. The second kappa shape index (κ2) is 10.1. The molecule has 0 nitrogen and oxygen atoms in total. The van der Waals surface area contributed by atoms with Crippen molar-refractivity contribution in [3.05, 3.63) is 151 Å². The van der Waals surface area contributed by atoms with Crippen LogP contribution in [0.4, 0.5) is 13.2 Å². The molecule has 5 aromatic carbocycles. The van der Waals surface area contributed by atoms with Crippen LogP contribution in [0.25, 0.3) is 11.1 Å². The van der Waals surface area contributed by atoms with Crippen LogP contribution in [0.5, 0.6) is 0 Å². The maximum Gasteiger partial charge on any atom is 0.416 e. The van der Waals surface area contributed by atoms with Crippen molar-refractivity contribution in [3.8, 4) is 11.1 Å². The fourth-order valence-corrected chi connectivity index (χ4v) is 9.27. The summed E-state index contributed by atoms with van der Waals surface area (Å²) in [5, 5.41) is 3.63. The average molecular weight is 498 g/mol. The number of rotatable bonds is 6. The van der Waals surface area contributed by atoms with Crippen LogP contribution in [-0.4, -0.2) is 0 Å². The van der Waals surface area contributed by atoms with Crippen molar-refractivity contribution < 1.29 is 13.2 Å². The van der Waals surface area contributed by atoms with E-state index in [0.717, 1.165) is 22.6 Å². The molecule has 0 saturated carbocycles. The highest BCUT2D eigenvalue weighted by atomic mass is 31.2. The third kappa shape index (κ3) is 4.72. The number of alkyl halides is 3. The van der Waals surface area contributed by atoms with Gasteiger partial charge >= 0.3 is 6.18 Å². The van der Waals surface area contributed by atoms with Crippen molar-refractivity contribution in [2.75, 3.05) is 0 Å². The van der Waals surface area contributed by atoms with Gasteiger partial charge in [-0.05, 0) is 53.6 Å². The standard InChI is InChI=1S/C32H25F3P/c33-32(34,35)27-22-20-26(21-23-27)30-18-10-11-19-31(30)36(28-14-6-2-7-15-28,29-16-8-3-9-17-29)24-25-12-4-1-5-13-25/h1-23H,24H2/q+1. The fraction of sp³-hybridized carbons (Fsp3) is 0.0625. The Bertz CT molecular complexity index is 1370. The number of halogens is 3. The predicted molar refractivity (Wildman–Crippen MR) is 146 cm³/mol. The van der Waals surface area contributed by atoms with E-state index in [-0.39, 0.29) is 0 Å². The lowest BCUT2D eigenvalue weighted by molar-refractivity contribution is -0.137. The lowest BCUT2D eigenvalue weighted by Crippen LogP contribution is -2.33. The van der Waals surface area contributed by atoms with Gasteiger partial charge in [-0.2, -0.15) is 13.2 Å². The van der Waals surface area contributed by atoms with E-state index in [0.29, 0.717) is 0 Å². The van der Waals surface area contributed by atoms with Gasteiger partial charge in [0.15, 0.2) is 0 Å². The summed E-state index contributed by atoms with van der Waals surface area (Å²) >= 11 is 0. The third-order valence-electron chi connectivity index (χ3n) is 6.50. The zero-order valence-electron chi connectivity index (χ0n) is 19.6. The van der Waals surface area contributed by atoms with Gasteiger partial charge in [-0.1, -0.05) is 97.1 Å². The zero-order chi connectivity index (χ0) is 25.0. The van der Waals surface area contributed by atoms with Crippen LogP contribution in [0.1, 0.15) is 11.1 Å². The fourth-order valence-electron chi connectivity index (χ4n) is 4.81. The van der Waals surface area contributed by atoms with Crippen molar-refractivity contribution in [2.24, 2.45) is 0 Å². The molecule has 0 aliphatic rings. The van der Waals surface area contributed by atoms with Gasteiger partial charge < -0.3 is 0 Å². The lowest BCUT2D eigenvalue weighted by atomic mass is 10.0. The van der Waals surface area contributed by atoms with Crippen LogP contribution in [0, 0.1) is 0 Å². The monoisotopic (exact) mass is 497 g/mol. The molecule has 0 aromatic heterocycles. The van der Waals surface area contributed by atoms with Gasteiger partial charge in [-0.3, -0.25) is 0 Å². The van der Waals surface area contributed by atoms with E-state index >= 15 is 0 Å². The Morgan fingerprint density at radius 1 is 0.500 bits per heavy atom. The Hall–Kier alpha value is -3.68. The first-order chi connectivity index (χ1) is 17.5. The van der Waals surface area contributed by atoms with Crippen LogP contribution in [0.3, 0.4) is 0 Å². The topological polar surface area (TPSA) is 0 Å². The predicted octanol–water partition coefficient (Wildman–Crippen LogP) is 7.87. The van der Waals surface area contributed by atoms with Crippen LogP contribution in [-0.2, 0) is 12.3 Å². The van der Waals surface area contributed by atoms with Crippen molar-refractivity contribution in [2.45, 2.75) is 12.3 Å². The Morgan fingerprint density at radius 2 is 0.972 bits per heavy atom. The van der Waals surface area contributed by atoms with E-state index < -0.39 is 19.0 Å². The summed E-state index contributed by atoms with van der Waals surface area (Å²) < 4.78 is 39.8. The smallest absolute Gasteiger partial charge is 0.166 e. The second-order valence-corrected chi connectivity index (χ2v) is 12.2. The molecule has 4 heteroatoms. The van der Waals surface area contributed by atoms with Gasteiger partial charge in [0.1, 0.15) is 23.2 Å². The molecular formula is C32H25F3P+. The number of benzene rings is 5. The van der Waals surface area contributed by atoms with Gasteiger partial charge in [0.05, 0.1) is 11.7 Å². The van der Waals surface area contributed by atoms with Crippen LogP contribution < -0.4 is 15.9 Å². The molecule has 5 aromatic rings. The van der Waals surface area contributed by atoms with Crippen molar-refractivity contribution in [1.82, 2.24) is 0 Å². The van der Waals surface area contributed by atoms with Crippen molar-refractivity contribution >= 4 is 23.2 Å². The van der Waals surface area contributed by atoms with Crippen LogP contribution in [0.15, 0.2) is 140 Å². The van der Waals surface area contributed by atoms with Crippen LogP contribution >= 0.6 is 7.26 Å². The summed E-state index contributed by atoms with van der Waals surface area (Å²) in [5.74, 6) is 0. The molecule has 0 atom stereocenters. The molecule has 0 amide bonds. The van der Waals surface area contributed by atoms with E-state index in [4.69, 9.17) is 0 Å². The number of hydrogen-bond acceptors (Lipinski definition) is 0. The molecule has 0 bridgehead atoms. The van der Waals surface area contributed by atoms with Gasteiger partial charge in [0.25, 0.3) is 0 Å². The minimum atomic E-state index is -4.36. The summed E-state index contributed by atoms with van der Waals surface area (Å²) in [7, 11) is -2.24. The van der Waals surface area contributed by atoms with Crippen molar-refractivity contribution in [1.29, 1.82) is 0 Å². The molecule has 0 heterocycles. The summed E-state index contributed by atoms with van der Waals surface area (Å²) in [6.45, 7) is 0. The normalized spacial score (nSPS) is 11.9. The lowest BCUT2D eigenvalue weighted by Gasteiger charge is -2.29. The van der Waals surface area contributed by atoms with Gasteiger partial charge in [0, 0.05) is 5.56 Å². The van der Waals surface area contributed by atoms with E-state index in [1.165, 1.54) is 28.3 Å². The minimum Gasteiger partial charge on any atom is -0.166 e. The zero-order valence-corrected chi connectivity index (χ0v) is 20.5. The first-order valence-corrected chi connectivity index (χ1v) is 13.8. The molecular weight excluding hydrogens is 472 g/mol.